The zero-order valence-corrected chi connectivity index (χ0v) is 11.3. The van der Waals surface area contributed by atoms with Gasteiger partial charge in [-0.25, -0.2) is 0 Å². The highest BCUT2D eigenvalue weighted by Crippen LogP contribution is 2.30. The Hall–Kier alpha value is -0.250. The van der Waals surface area contributed by atoms with Gasteiger partial charge in [0.15, 0.2) is 0 Å². The lowest BCUT2D eigenvalue weighted by Crippen LogP contribution is -2.10. The van der Waals surface area contributed by atoms with Gasteiger partial charge in [-0.3, -0.25) is 0 Å². The molecule has 0 amide bonds. The van der Waals surface area contributed by atoms with E-state index in [9.17, 15) is 0 Å². The number of hydrogen-bond acceptors (Lipinski definition) is 2. The minimum Gasteiger partial charge on any atom is -0.320 e. The second kappa shape index (κ2) is 5.89. The summed E-state index contributed by atoms with van der Waals surface area (Å²) in [4.78, 5) is 1.10. The van der Waals surface area contributed by atoms with E-state index < -0.39 is 0 Å². The van der Waals surface area contributed by atoms with E-state index in [4.69, 9.17) is 28.9 Å². The van der Waals surface area contributed by atoms with Crippen LogP contribution >= 0.6 is 46.9 Å². The fourth-order valence-corrected chi connectivity index (χ4v) is 2.65. The van der Waals surface area contributed by atoms with Gasteiger partial charge in [-0.15, -0.1) is 23.7 Å². The molecule has 1 aromatic carbocycles. The molecule has 0 aliphatic carbocycles. The molecule has 0 fully saturated rings. The van der Waals surface area contributed by atoms with Crippen molar-refractivity contribution in [2.75, 3.05) is 0 Å². The van der Waals surface area contributed by atoms with Gasteiger partial charge in [0.2, 0.25) is 0 Å². The quantitative estimate of drug-likeness (QED) is 0.865. The largest absolute Gasteiger partial charge is 0.320 e. The van der Waals surface area contributed by atoms with Gasteiger partial charge < -0.3 is 5.73 Å². The fourth-order valence-electron chi connectivity index (χ4n) is 1.38. The maximum absolute atomic E-state index is 6.09. The first-order valence-electron chi connectivity index (χ1n) is 4.42. The second-order valence-corrected chi connectivity index (χ2v) is 4.98. The van der Waals surface area contributed by atoms with E-state index in [1.165, 1.54) is 0 Å². The summed E-state index contributed by atoms with van der Waals surface area (Å²) in [6.45, 7) is 0. The Morgan fingerprint density at radius 1 is 1.19 bits per heavy atom. The Labute approximate surface area is 115 Å². The van der Waals surface area contributed by atoms with Crippen molar-refractivity contribution in [3.8, 4) is 0 Å². The summed E-state index contributed by atoms with van der Waals surface area (Å²) in [5.74, 6) is 0. The highest BCUT2D eigenvalue weighted by atomic mass is 35.5. The molecular weight excluding hydrogens is 285 g/mol. The summed E-state index contributed by atoms with van der Waals surface area (Å²) in [5.41, 5.74) is 7.00. The highest BCUT2D eigenvalue weighted by Gasteiger charge is 2.13. The van der Waals surface area contributed by atoms with E-state index in [1.807, 2.05) is 23.6 Å². The number of halogens is 3. The van der Waals surface area contributed by atoms with Crippen LogP contribution in [0.25, 0.3) is 0 Å². The van der Waals surface area contributed by atoms with E-state index in [0.29, 0.717) is 10.0 Å². The van der Waals surface area contributed by atoms with Gasteiger partial charge >= 0.3 is 0 Å². The van der Waals surface area contributed by atoms with Crippen LogP contribution in [0.3, 0.4) is 0 Å². The number of hydrogen-bond donors (Lipinski definition) is 1. The van der Waals surface area contributed by atoms with Crippen LogP contribution in [0.5, 0.6) is 0 Å². The topological polar surface area (TPSA) is 26.0 Å². The van der Waals surface area contributed by atoms with Crippen molar-refractivity contribution in [3.05, 3.63) is 56.2 Å². The first-order chi connectivity index (χ1) is 7.18. The van der Waals surface area contributed by atoms with E-state index >= 15 is 0 Å². The normalized spacial score (nSPS) is 11.9. The maximum Gasteiger partial charge on any atom is 0.0660 e. The molecule has 2 aromatic rings. The lowest BCUT2D eigenvalue weighted by molar-refractivity contribution is 0.894. The molecule has 0 unspecified atom stereocenters. The molecule has 0 aliphatic rings. The maximum atomic E-state index is 6.09. The lowest BCUT2D eigenvalue weighted by atomic mass is 10.1. The van der Waals surface area contributed by atoms with Crippen LogP contribution in [0.2, 0.25) is 10.0 Å². The van der Waals surface area contributed by atoms with Crippen molar-refractivity contribution < 1.29 is 0 Å². The third-order valence-electron chi connectivity index (χ3n) is 2.15. The van der Waals surface area contributed by atoms with Gasteiger partial charge in [0.05, 0.1) is 6.04 Å². The number of thiophene rings is 1. The van der Waals surface area contributed by atoms with Crippen LogP contribution < -0.4 is 5.73 Å². The molecule has 2 N–H and O–H groups in total. The van der Waals surface area contributed by atoms with Crippen LogP contribution in [-0.4, -0.2) is 0 Å². The molecule has 2 rings (SSSR count). The summed E-state index contributed by atoms with van der Waals surface area (Å²) in [5, 5.41) is 3.24. The third kappa shape index (κ3) is 2.90. The van der Waals surface area contributed by atoms with Gasteiger partial charge in [-0.2, -0.15) is 0 Å². The van der Waals surface area contributed by atoms with Crippen molar-refractivity contribution in [2.24, 2.45) is 5.73 Å². The Bertz CT molecular complexity index is 456. The van der Waals surface area contributed by atoms with Crippen LogP contribution in [-0.2, 0) is 0 Å². The molecule has 0 saturated carbocycles. The van der Waals surface area contributed by atoms with Crippen LogP contribution in [0.4, 0.5) is 0 Å². The van der Waals surface area contributed by atoms with Crippen molar-refractivity contribution in [2.45, 2.75) is 6.04 Å². The summed E-state index contributed by atoms with van der Waals surface area (Å²) in [6.07, 6.45) is 0. The molecule has 16 heavy (non-hydrogen) atoms. The average Bonchev–Trinajstić information content (AvgIpc) is 2.69. The van der Waals surface area contributed by atoms with Crippen molar-refractivity contribution in [3.63, 3.8) is 0 Å². The van der Waals surface area contributed by atoms with E-state index in [1.54, 1.807) is 23.5 Å². The molecule has 0 saturated heterocycles. The van der Waals surface area contributed by atoms with Gasteiger partial charge in [0.25, 0.3) is 0 Å². The molecule has 5 heteroatoms. The predicted octanol–water partition coefficient (Wildman–Crippen LogP) is 4.52. The molecule has 1 atom stereocenters. The third-order valence-corrected chi connectivity index (χ3v) is 3.67. The smallest absolute Gasteiger partial charge is 0.0660 e. The van der Waals surface area contributed by atoms with E-state index in [-0.39, 0.29) is 18.4 Å². The first kappa shape index (κ1) is 13.8. The molecule has 1 heterocycles. The minimum absolute atomic E-state index is 0. The molecule has 0 spiro atoms. The predicted molar refractivity (Wildman–Crippen MR) is 74.1 cm³/mol. The molecule has 1 nitrogen and oxygen atoms in total. The average molecular weight is 295 g/mol. The summed E-state index contributed by atoms with van der Waals surface area (Å²) < 4.78 is 0. The number of nitrogens with two attached hydrogens (primary N) is 1. The second-order valence-electron chi connectivity index (χ2n) is 3.16. The SMILES string of the molecule is Cl.N[C@@H](c1cccs1)c1ccc(Cl)cc1Cl. The number of rotatable bonds is 2. The Morgan fingerprint density at radius 2 is 1.94 bits per heavy atom. The van der Waals surface area contributed by atoms with Crippen molar-refractivity contribution in [1.29, 1.82) is 0 Å². The Kier molecular flexibility index (Phi) is 5.09. The zero-order valence-electron chi connectivity index (χ0n) is 8.19. The molecule has 0 aliphatic heterocycles. The van der Waals surface area contributed by atoms with Crippen LogP contribution in [0.15, 0.2) is 35.7 Å². The van der Waals surface area contributed by atoms with Gasteiger partial charge in [-0.05, 0) is 29.1 Å². The summed E-state index contributed by atoms with van der Waals surface area (Å²) >= 11 is 13.5. The minimum atomic E-state index is -0.172. The highest BCUT2D eigenvalue weighted by molar-refractivity contribution is 7.10. The Morgan fingerprint density at radius 3 is 2.50 bits per heavy atom. The molecular formula is C11H10Cl3NS. The van der Waals surface area contributed by atoms with Crippen LogP contribution in [0.1, 0.15) is 16.5 Å². The van der Waals surface area contributed by atoms with Gasteiger partial charge in [0.1, 0.15) is 0 Å². The summed E-state index contributed by atoms with van der Waals surface area (Å²) in [6, 6.07) is 9.19. The van der Waals surface area contributed by atoms with Crippen molar-refractivity contribution in [1.82, 2.24) is 0 Å². The number of benzene rings is 1. The molecule has 1 aromatic heterocycles. The van der Waals surface area contributed by atoms with Crippen molar-refractivity contribution >= 4 is 46.9 Å². The van der Waals surface area contributed by atoms with E-state index in [0.717, 1.165) is 10.4 Å². The zero-order chi connectivity index (χ0) is 10.8. The lowest BCUT2D eigenvalue weighted by Gasteiger charge is -2.11. The van der Waals surface area contributed by atoms with Gasteiger partial charge in [-0.1, -0.05) is 35.3 Å². The van der Waals surface area contributed by atoms with Gasteiger partial charge in [0, 0.05) is 14.9 Å². The monoisotopic (exact) mass is 293 g/mol. The van der Waals surface area contributed by atoms with E-state index in [2.05, 4.69) is 0 Å². The fraction of sp³-hybridized carbons (Fsp3) is 0.0909. The first-order valence-corrected chi connectivity index (χ1v) is 6.06. The summed E-state index contributed by atoms with van der Waals surface area (Å²) in [7, 11) is 0. The Balaban J connectivity index is 0.00000128. The molecule has 86 valence electrons. The standard InChI is InChI=1S/C11H9Cl2NS.ClH/c12-7-3-4-8(9(13)6-7)11(14)10-2-1-5-15-10;/h1-6,11H,14H2;1H/t11-;/m1./s1. The molecule has 0 radical (unpaired) electrons. The molecule has 0 bridgehead atoms. The van der Waals surface area contributed by atoms with Crippen LogP contribution in [0, 0.1) is 0 Å².